The quantitative estimate of drug-likeness (QED) is 0.737. The molecule has 4 N–H and O–H groups in total. The zero-order chi connectivity index (χ0) is 16.9. The Bertz CT molecular complexity index is 792. The van der Waals surface area contributed by atoms with E-state index in [-0.39, 0.29) is 29.6 Å². The number of rotatable bonds is 6. The first-order chi connectivity index (χ1) is 10.9. The summed E-state index contributed by atoms with van der Waals surface area (Å²) >= 11 is 0. The number of primary sulfonamides is 1. The Morgan fingerprint density at radius 3 is 2.35 bits per heavy atom. The van der Waals surface area contributed by atoms with E-state index in [9.17, 15) is 17.6 Å². The number of halogens is 1. The predicted octanol–water partition coefficient (Wildman–Crippen LogP) is 1.20. The Kier molecular flexibility index (Phi) is 5.30. The summed E-state index contributed by atoms with van der Waals surface area (Å²) in [6, 6.07) is 11.9. The molecule has 0 radical (unpaired) electrons. The molecule has 1 amide bonds. The molecule has 2 aromatic carbocycles. The largest absolute Gasteiger partial charge is 0.374 e. The molecule has 2 rings (SSSR count). The van der Waals surface area contributed by atoms with E-state index in [0.717, 1.165) is 5.56 Å². The van der Waals surface area contributed by atoms with Gasteiger partial charge in [-0.1, -0.05) is 24.3 Å². The monoisotopic (exact) mass is 337 g/mol. The summed E-state index contributed by atoms with van der Waals surface area (Å²) < 4.78 is 35.6. The number of amides is 1. The number of sulfonamides is 1. The van der Waals surface area contributed by atoms with Crippen LogP contribution in [0.2, 0.25) is 0 Å². The molecule has 0 bridgehead atoms. The molecule has 8 heteroatoms. The van der Waals surface area contributed by atoms with Crippen molar-refractivity contribution in [3.05, 3.63) is 59.9 Å². The zero-order valence-electron chi connectivity index (χ0n) is 12.1. The lowest BCUT2D eigenvalue weighted by Gasteiger charge is -2.09. The van der Waals surface area contributed by atoms with Crippen LogP contribution in [0.15, 0.2) is 53.4 Å². The van der Waals surface area contributed by atoms with Crippen LogP contribution in [0.5, 0.6) is 0 Å². The Labute approximate surface area is 133 Å². The minimum atomic E-state index is -3.73. The van der Waals surface area contributed by atoms with Gasteiger partial charge in [-0.2, -0.15) is 0 Å². The third-order valence-electron chi connectivity index (χ3n) is 3.05. The highest BCUT2D eigenvalue weighted by molar-refractivity contribution is 7.89. The molecule has 0 aromatic heterocycles. The second-order valence-corrected chi connectivity index (χ2v) is 6.36. The summed E-state index contributed by atoms with van der Waals surface area (Å²) in [6.45, 7) is 0.152. The van der Waals surface area contributed by atoms with Crippen LogP contribution in [0.25, 0.3) is 0 Å². The average Bonchev–Trinajstić information content (AvgIpc) is 2.51. The molecule has 0 spiro atoms. The maximum atomic E-state index is 13.4. The number of nitrogens with one attached hydrogen (secondary N) is 2. The van der Waals surface area contributed by atoms with Gasteiger partial charge >= 0.3 is 0 Å². The van der Waals surface area contributed by atoms with Gasteiger partial charge in [0.05, 0.1) is 17.1 Å². The van der Waals surface area contributed by atoms with E-state index in [1.165, 1.54) is 24.3 Å². The van der Waals surface area contributed by atoms with E-state index in [4.69, 9.17) is 5.14 Å². The van der Waals surface area contributed by atoms with Crippen LogP contribution in [0.1, 0.15) is 5.56 Å². The van der Waals surface area contributed by atoms with E-state index in [1.54, 1.807) is 24.3 Å². The molecule has 2 aromatic rings. The van der Waals surface area contributed by atoms with E-state index >= 15 is 0 Å². The molecule has 0 heterocycles. The van der Waals surface area contributed by atoms with Gasteiger partial charge in [-0.3, -0.25) is 4.79 Å². The molecule has 23 heavy (non-hydrogen) atoms. The minimum Gasteiger partial charge on any atom is -0.374 e. The Balaban J connectivity index is 1.84. The predicted molar refractivity (Wildman–Crippen MR) is 84.6 cm³/mol. The van der Waals surface area contributed by atoms with Gasteiger partial charge in [0.2, 0.25) is 15.9 Å². The standard InChI is InChI=1S/C15H16FN3O3S/c16-13-3-1-2-4-14(13)18-10-15(20)19-9-11-5-7-12(8-6-11)23(17,21)22/h1-8,18H,9-10H2,(H,19,20)(H2,17,21,22). The van der Waals surface area contributed by atoms with E-state index in [0.29, 0.717) is 0 Å². The summed E-state index contributed by atoms with van der Waals surface area (Å²) in [5, 5.41) is 10.3. The van der Waals surface area contributed by atoms with E-state index < -0.39 is 15.8 Å². The first-order valence-electron chi connectivity index (χ1n) is 6.73. The Morgan fingerprint density at radius 1 is 1.09 bits per heavy atom. The fourth-order valence-corrected chi connectivity index (χ4v) is 2.36. The van der Waals surface area contributed by atoms with Gasteiger partial charge in [0.25, 0.3) is 0 Å². The van der Waals surface area contributed by atoms with Crippen molar-refractivity contribution in [2.45, 2.75) is 11.4 Å². The van der Waals surface area contributed by atoms with Gasteiger partial charge in [-0.25, -0.2) is 17.9 Å². The Morgan fingerprint density at radius 2 is 1.74 bits per heavy atom. The molecule has 0 saturated carbocycles. The number of para-hydroxylation sites is 1. The molecule has 6 nitrogen and oxygen atoms in total. The normalized spacial score (nSPS) is 11.0. The number of anilines is 1. The maximum absolute atomic E-state index is 13.4. The molecule has 0 atom stereocenters. The highest BCUT2D eigenvalue weighted by Crippen LogP contribution is 2.11. The third-order valence-corrected chi connectivity index (χ3v) is 3.98. The number of carbonyl (C=O) groups excluding carboxylic acids is 1. The lowest BCUT2D eigenvalue weighted by molar-refractivity contribution is -0.119. The average molecular weight is 337 g/mol. The second kappa shape index (κ2) is 7.21. The van der Waals surface area contributed by atoms with Crippen molar-refractivity contribution in [2.75, 3.05) is 11.9 Å². The molecule has 0 aliphatic carbocycles. The van der Waals surface area contributed by atoms with Gasteiger partial charge in [0.1, 0.15) is 5.82 Å². The number of nitrogens with two attached hydrogens (primary N) is 1. The van der Waals surface area contributed by atoms with Crippen LogP contribution in [-0.4, -0.2) is 20.9 Å². The van der Waals surface area contributed by atoms with Gasteiger partial charge in [-0.15, -0.1) is 0 Å². The minimum absolute atomic E-state index is 0.00814. The van der Waals surface area contributed by atoms with Gasteiger partial charge in [-0.05, 0) is 29.8 Å². The Hall–Kier alpha value is -2.45. The van der Waals surface area contributed by atoms with Crippen LogP contribution in [0.3, 0.4) is 0 Å². The summed E-state index contributed by atoms with van der Waals surface area (Å²) in [5.41, 5.74) is 0.969. The number of hydrogen-bond acceptors (Lipinski definition) is 4. The van der Waals surface area contributed by atoms with Crippen LogP contribution >= 0.6 is 0 Å². The smallest absolute Gasteiger partial charge is 0.239 e. The van der Waals surface area contributed by atoms with E-state index in [1.807, 2.05) is 0 Å². The highest BCUT2D eigenvalue weighted by Gasteiger charge is 2.07. The number of benzene rings is 2. The van der Waals surface area contributed by atoms with Gasteiger partial charge in [0.15, 0.2) is 0 Å². The summed E-state index contributed by atoms with van der Waals surface area (Å²) in [5.74, 6) is -0.748. The van der Waals surface area contributed by atoms with Crippen LogP contribution < -0.4 is 15.8 Å². The fourth-order valence-electron chi connectivity index (χ4n) is 1.84. The van der Waals surface area contributed by atoms with Crippen LogP contribution in [0, 0.1) is 5.82 Å². The molecular weight excluding hydrogens is 321 g/mol. The summed E-state index contributed by atoms with van der Waals surface area (Å²) in [6.07, 6.45) is 0. The van der Waals surface area contributed by atoms with Gasteiger partial charge in [0, 0.05) is 6.54 Å². The van der Waals surface area contributed by atoms with Crippen molar-refractivity contribution in [3.8, 4) is 0 Å². The van der Waals surface area contributed by atoms with Crippen molar-refractivity contribution >= 4 is 21.6 Å². The van der Waals surface area contributed by atoms with Crippen molar-refractivity contribution < 1.29 is 17.6 Å². The lowest BCUT2D eigenvalue weighted by Crippen LogP contribution is -2.29. The van der Waals surface area contributed by atoms with Crippen LogP contribution in [-0.2, 0) is 21.4 Å². The molecule has 122 valence electrons. The number of carbonyl (C=O) groups is 1. The van der Waals surface area contributed by atoms with Crippen LogP contribution in [0.4, 0.5) is 10.1 Å². The van der Waals surface area contributed by atoms with E-state index in [2.05, 4.69) is 10.6 Å². The molecule has 0 aliphatic rings. The SMILES string of the molecule is NS(=O)(=O)c1ccc(CNC(=O)CNc2ccccc2F)cc1. The molecule has 0 saturated heterocycles. The topological polar surface area (TPSA) is 101 Å². The maximum Gasteiger partial charge on any atom is 0.239 e. The lowest BCUT2D eigenvalue weighted by atomic mass is 10.2. The van der Waals surface area contributed by atoms with Crippen molar-refractivity contribution in [2.24, 2.45) is 5.14 Å². The van der Waals surface area contributed by atoms with Crippen molar-refractivity contribution in [1.82, 2.24) is 5.32 Å². The van der Waals surface area contributed by atoms with Gasteiger partial charge < -0.3 is 10.6 Å². The fraction of sp³-hybridized carbons (Fsp3) is 0.133. The highest BCUT2D eigenvalue weighted by atomic mass is 32.2. The molecular formula is C15H16FN3O3S. The molecule has 0 unspecified atom stereocenters. The van der Waals surface area contributed by atoms with Crippen molar-refractivity contribution in [3.63, 3.8) is 0 Å². The first-order valence-corrected chi connectivity index (χ1v) is 8.28. The number of hydrogen-bond donors (Lipinski definition) is 3. The molecule has 0 aliphatic heterocycles. The summed E-state index contributed by atoms with van der Waals surface area (Å²) in [7, 11) is -3.73. The van der Waals surface area contributed by atoms with Crippen molar-refractivity contribution in [1.29, 1.82) is 0 Å². The molecule has 0 fully saturated rings. The third kappa shape index (κ3) is 5.04. The summed E-state index contributed by atoms with van der Waals surface area (Å²) in [4.78, 5) is 11.7. The second-order valence-electron chi connectivity index (χ2n) is 4.80. The first kappa shape index (κ1) is 16.9. The zero-order valence-corrected chi connectivity index (χ0v) is 12.9.